The second-order valence-electron chi connectivity index (χ2n) is 12.4. The minimum Gasteiger partial charge on any atom is -0.496 e. The fourth-order valence-corrected chi connectivity index (χ4v) is 6.71. The number of allylic oxidation sites excluding steroid dienone is 1. The molecule has 6 rings (SSSR count). The highest BCUT2D eigenvalue weighted by atomic mass is 35.5. The number of H-pyrrole nitrogens is 1. The molecule has 1 aliphatic carbocycles. The quantitative estimate of drug-likeness (QED) is 0.160. The van der Waals surface area contributed by atoms with Gasteiger partial charge in [-0.3, -0.25) is 4.79 Å². The number of halogens is 1. The number of aliphatic hydroxyl groups excluding tert-OH is 1. The fraction of sp³-hybridized carbons (Fsp3) is 0.424. The molecule has 44 heavy (non-hydrogen) atoms. The summed E-state index contributed by atoms with van der Waals surface area (Å²) < 4.78 is 5.91. The molecule has 11 heteroatoms. The van der Waals surface area contributed by atoms with Crippen LogP contribution in [0.2, 0.25) is 5.02 Å². The van der Waals surface area contributed by atoms with Crippen LogP contribution in [0, 0.1) is 6.92 Å². The zero-order valence-electron chi connectivity index (χ0n) is 25.7. The summed E-state index contributed by atoms with van der Waals surface area (Å²) in [5, 5.41) is 18.9. The number of methoxy groups -OCH3 is 1. The smallest absolute Gasteiger partial charge is 0.222 e. The number of fused-ring (bicyclic) bond motifs is 3. The van der Waals surface area contributed by atoms with Crippen molar-refractivity contribution in [2.24, 2.45) is 0 Å². The molecule has 0 radical (unpaired) electrons. The van der Waals surface area contributed by atoms with Crippen molar-refractivity contribution in [2.75, 3.05) is 12.4 Å². The molecule has 1 atom stereocenters. The van der Waals surface area contributed by atoms with Crippen molar-refractivity contribution in [3.05, 3.63) is 64.1 Å². The highest BCUT2D eigenvalue weighted by molar-refractivity contribution is 6.30. The van der Waals surface area contributed by atoms with Crippen molar-refractivity contribution in [3.63, 3.8) is 0 Å². The van der Waals surface area contributed by atoms with Crippen molar-refractivity contribution >= 4 is 50.8 Å². The van der Waals surface area contributed by atoms with E-state index in [-0.39, 0.29) is 24.5 Å². The molecule has 1 aliphatic heterocycles. The Hall–Kier alpha value is -3.86. The first-order chi connectivity index (χ1) is 21.0. The number of aromatic amines is 1. The molecule has 1 saturated carbocycles. The molecular weight excluding hydrogens is 580 g/mol. The van der Waals surface area contributed by atoms with Gasteiger partial charge in [0.05, 0.1) is 36.6 Å². The van der Waals surface area contributed by atoms with Crippen LogP contribution in [-0.4, -0.2) is 50.8 Å². The van der Waals surface area contributed by atoms with Gasteiger partial charge in [-0.25, -0.2) is 9.97 Å². The number of amides is 1. The maximum atomic E-state index is 13.3. The largest absolute Gasteiger partial charge is 0.496 e. The zero-order valence-corrected chi connectivity index (χ0v) is 26.4. The second-order valence-corrected chi connectivity index (χ2v) is 12.8. The third kappa shape index (κ3) is 5.94. The lowest BCUT2D eigenvalue weighted by Gasteiger charge is -2.27. The minimum absolute atomic E-state index is 0.0541. The number of carbonyl (C=O) groups is 1. The summed E-state index contributed by atoms with van der Waals surface area (Å²) in [6, 6.07) is 11.2. The number of carbonyl (C=O) groups excluding carboxylic acids is 1. The Kier molecular flexibility index (Phi) is 8.17. The van der Waals surface area contributed by atoms with Crippen LogP contribution in [0.15, 0.2) is 42.2 Å². The summed E-state index contributed by atoms with van der Waals surface area (Å²) in [7, 11) is 1.66. The number of anilines is 1. The molecule has 5 N–H and O–H groups in total. The van der Waals surface area contributed by atoms with Crippen LogP contribution in [-0.2, 0) is 9.63 Å². The number of nitrogens with zero attached hydrogens (tertiary/aromatic N) is 2. The number of aryl methyl sites for hydroxylation is 1. The van der Waals surface area contributed by atoms with E-state index >= 15 is 0 Å². The lowest BCUT2D eigenvalue weighted by molar-refractivity contribution is -0.122. The van der Waals surface area contributed by atoms with Gasteiger partial charge >= 0.3 is 0 Å². The first kappa shape index (κ1) is 30.2. The third-order valence-electron chi connectivity index (χ3n) is 8.60. The van der Waals surface area contributed by atoms with Gasteiger partial charge in [0.2, 0.25) is 5.91 Å². The molecule has 0 saturated heterocycles. The van der Waals surface area contributed by atoms with Crippen LogP contribution < -0.4 is 20.9 Å². The average molecular weight is 619 g/mol. The summed E-state index contributed by atoms with van der Waals surface area (Å²) in [6.45, 7) is 7.91. The number of hydrogen-bond donors (Lipinski definition) is 5. The van der Waals surface area contributed by atoms with Crippen LogP contribution in [0.1, 0.15) is 75.9 Å². The van der Waals surface area contributed by atoms with E-state index in [2.05, 4.69) is 41.0 Å². The van der Waals surface area contributed by atoms with E-state index in [0.29, 0.717) is 40.9 Å². The lowest BCUT2D eigenvalue weighted by Crippen LogP contribution is -2.39. The van der Waals surface area contributed by atoms with Gasteiger partial charge in [0.1, 0.15) is 28.8 Å². The molecule has 10 nitrogen and oxygen atoms in total. The van der Waals surface area contributed by atoms with Gasteiger partial charge in [-0.1, -0.05) is 23.7 Å². The van der Waals surface area contributed by atoms with Gasteiger partial charge in [0.25, 0.3) is 0 Å². The van der Waals surface area contributed by atoms with Gasteiger partial charge < -0.3 is 30.3 Å². The maximum absolute atomic E-state index is 13.3. The number of ether oxygens (including phenoxy) is 1. The normalized spacial score (nSPS) is 20.5. The van der Waals surface area contributed by atoms with E-state index in [0.717, 1.165) is 51.6 Å². The SMILES string of the molecule is COc1cc2c(cc1C1=C(C)ONC1(C)C)[nH]c1nc(C)nc(N[C@H](CC(=O)NC3CCC(O)CC3)c3cccc(Cl)c3)c12. The topological polar surface area (TPSA) is 133 Å². The number of nitrogens with one attached hydrogen (secondary N) is 4. The molecule has 232 valence electrons. The van der Waals surface area contributed by atoms with E-state index in [1.807, 2.05) is 44.2 Å². The zero-order chi connectivity index (χ0) is 31.2. The second kappa shape index (κ2) is 11.9. The summed E-state index contributed by atoms with van der Waals surface area (Å²) in [4.78, 5) is 32.1. The maximum Gasteiger partial charge on any atom is 0.222 e. The number of benzene rings is 2. The summed E-state index contributed by atoms with van der Waals surface area (Å²) in [5.74, 6) is 2.60. The van der Waals surface area contributed by atoms with E-state index in [1.165, 1.54) is 0 Å². The first-order valence-corrected chi connectivity index (χ1v) is 15.4. The average Bonchev–Trinajstić information content (AvgIpc) is 3.47. The van der Waals surface area contributed by atoms with Gasteiger partial charge in [0, 0.05) is 33.1 Å². The van der Waals surface area contributed by atoms with Crippen molar-refractivity contribution in [2.45, 2.75) is 83.5 Å². The minimum atomic E-state index is -0.415. The molecule has 0 unspecified atom stereocenters. The van der Waals surface area contributed by atoms with Crippen molar-refractivity contribution in [3.8, 4) is 5.75 Å². The molecule has 3 heterocycles. The number of aromatic nitrogens is 3. The van der Waals surface area contributed by atoms with Crippen LogP contribution >= 0.6 is 11.6 Å². The Morgan fingerprint density at radius 2 is 1.95 bits per heavy atom. The van der Waals surface area contributed by atoms with Crippen molar-refractivity contribution < 1.29 is 19.5 Å². The molecule has 4 aromatic rings. The highest BCUT2D eigenvalue weighted by Gasteiger charge is 2.36. The highest BCUT2D eigenvalue weighted by Crippen LogP contribution is 2.43. The Bertz CT molecular complexity index is 1760. The van der Waals surface area contributed by atoms with Crippen LogP contribution in [0.4, 0.5) is 5.82 Å². The molecular formula is C33H39ClN6O4. The molecule has 0 spiro atoms. The molecule has 1 amide bonds. The summed E-state index contributed by atoms with van der Waals surface area (Å²) >= 11 is 6.40. The number of hydroxylamine groups is 1. The predicted molar refractivity (Wildman–Crippen MR) is 172 cm³/mol. The summed E-state index contributed by atoms with van der Waals surface area (Å²) in [6.07, 6.45) is 2.82. The molecule has 0 bridgehead atoms. The van der Waals surface area contributed by atoms with Gasteiger partial charge in [-0.05, 0) is 83.2 Å². The Morgan fingerprint density at radius 1 is 1.18 bits per heavy atom. The van der Waals surface area contributed by atoms with E-state index in [9.17, 15) is 9.90 Å². The standard InChI is InChI=1S/C33H39ClN6O4/c1-17-30(33(3,4)40-44-17)24-14-26-23(15-27(24)43-5)29-31(35-18(2)36-32(29)39-26)38-25(19-7-6-8-20(34)13-19)16-28(42)37-21-9-11-22(41)12-10-21/h6-8,13-15,21-22,25,40-41H,9-12,16H2,1-5H3,(H,37,42)(H2,35,36,38,39)/t21?,22?,25-/m1/s1. The van der Waals surface area contributed by atoms with E-state index in [4.69, 9.17) is 31.1 Å². The monoisotopic (exact) mass is 618 g/mol. The number of rotatable bonds is 8. The van der Waals surface area contributed by atoms with Crippen LogP contribution in [0.3, 0.4) is 0 Å². The van der Waals surface area contributed by atoms with Crippen LogP contribution in [0.5, 0.6) is 5.75 Å². The summed E-state index contributed by atoms with van der Waals surface area (Å²) in [5.41, 5.74) is 7.03. The number of aliphatic hydroxyl groups is 1. The Morgan fingerprint density at radius 3 is 2.64 bits per heavy atom. The number of hydrogen-bond acceptors (Lipinski definition) is 8. The van der Waals surface area contributed by atoms with Crippen molar-refractivity contribution in [1.29, 1.82) is 0 Å². The van der Waals surface area contributed by atoms with Gasteiger partial charge in [-0.2, -0.15) is 0 Å². The third-order valence-corrected chi connectivity index (χ3v) is 8.84. The fourth-order valence-electron chi connectivity index (χ4n) is 6.51. The Balaban J connectivity index is 1.40. The lowest BCUT2D eigenvalue weighted by atomic mass is 9.87. The van der Waals surface area contributed by atoms with Gasteiger partial charge in [-0.15, -0.1) is 5.48 Å². The van der Waals surface area contributed by atoms with E-state index in [1.54, 1.807) is 7.11 Å². The molecule has 1 fully saturated rings. The van der Waals surface area contributed by atoms with Gasteiger partial charge in [0.15, 0.2) is 0 Å². The van der Waals surface area contributed by atoms with E-state index < -0.39 is 11.6 Å². The van der Waals surface area contributed by atoms with Crippen molar-refractivity contribution in [1.82, 2.24) is 25.7 Å². The van der Waals surface area contributed by atoms with Crippen LogP contribution in [0.25, 0.3) is 27.5 Å². The first-order valence-electron chi connectivity index (χ1n) is 15.1. The predicted octanol–water partition coefficient (Wildman–Crippen LogP) is 6.09. The molecule has 2 aliphatic rings. The molecule has 2 aromatic carbocycles. The molecule has 2 aromatic heterocycles. The Labute approximate surface area is 261 Å².